The molecule has 0 aliphatic heterocycles. The lowest BCUT2D eigenvalue weighted by Gasteiger charge is -2.02. The highest BCUT2D eigenvalue weighted by Crippen LogP contribution is 2.26. The van der Waals surface area contributed by atoms with E-state index >= 15 is 0 Å². The zero-order valence-corrected chi connectivity index (χ0v) is 8.75. The molecule has 2 aromatic rings. The summed E-state index contributed by atoms with van der Waals surface area (Å²) in [4.78, 5) is 4.00. The first kappa shape index (κ1) is 8.97. The molecular weight excluding hydrogens is 242 g/mol. The minimum Gasteiger partial charge on any atom is -0.399 e. The molecule has 0 saturated carbocycles. The third kappa shape index (κ3) is 1.32. The maximum atomic E-state index is 8.85. The summed E-state index contributed by atoms with van der Waals surface area (Å²) in [5.74, 6) is 0. The summed E-state index contributed by atoms with van der Waals surface area (Å²) in [6, 6.07) is 7.46. The monoisotopic (exact) mass is 247 g/mol. The van der Waals surface area contributed by atoms with Crippen molar-refractivity contribution in [3.63, 3.8) is 0 Å². The van der Waals surface area contributed by atoms with Crippen LogP contribution in [0.5, 0.6) is 0 Å². The zero-order chi connectivity index (χ0) is 10.1. The second kappa shape index (κ2) is 3.28. The summed E-state index contributed by atoms with van der Waals surface area (Å²) in [6.07, 6.45) is 1.62. The van der Waals surface area contributed by atoms with Crippen LogP contribution < -0.4 is 5.73 Å². The molecule has 0 radical (unpaired) electrons. The van der Waals surface area contributed by atoms with Gasteiger partial charge < -0.3 is 5.73 Å². The average Bonchev–Trinajstić information content (AvgIpc) is 2.18. The topological polar surface area (TPSA) is 62.7 Å². The van der Waals surface area contributed by atoms with Gasteiger partial charge in [0.05, 0.1) is 0 Å². The van der Waals surface area contributed by atoms with Gasteiger partial charge in [0.25, 0.3) is 0 Å². The van der Waals surface area contributed by atoms with E-state index in [9.17, 15) is 0 Å². The smallest absolute Gasteiger partial charge is 0.148 e. The van der Waals surface area contributed by atoms with Crippen LogP contribution in [0.1, 0.15) is 5.69 Å². The fourth-order valence-corrected chi connectivity index (χ4v) is 1.76. The first-order valence-electron chi connectivity index (χ1n) is 3.96. The second-order valence-electron chi connectivity index (χ2n) is 2.87. The molecule has 0 spiro atoms. The largest absolute Gasteiger partial charge is 0.399 e. The number of benzene rings is 1. The lowest BCUT2D eigenvalue weighted by atomic mass is 10.1. The van der Waals surface area contributed by atoms with Crippen LogP contribution in [0.25, 0.3) is 10.8 Å². The number of anilines is 1. The lowest BCUT2D eigenvalue weighted by molar-refractivity contribution is 1.28. The second-order valence-corrected chi connectivity index (χ2v) is 3.73. The van der Waals surface area contributed by atoms with E-state index in [1.807, 2.05) is 12.1 Å². The predicted octanol–water partition coefficient (Wildman–Crippen LogP) is 2.45. The van der Waals surface area contributed by atoms with Crippen LogP contribution in [-0.4, -0.2) is 4.98 Å². The number of aromatic nitrogens is 1. The molecule has 0 saturated heterocycles. The van der Waals surface area contributed by atoms with Gasteiger partial charge in [0, 0.05) is 27.1 Å². The van der Waals surface area contributed by atoms with E-state index in [1.54, 1.807) is 18.3 Å². The van der Waals surface area contributed by atoms with Crippen LogP contribution in [0.2, 0.25) is 0 Å². The molecule has 1 heterocycles. The molecule has 68 valence electrons. The highest BCUT2D eigenvalue weighted by molar-refractivity contribution is 9.10. The quantitative estimate of drug-likeness (QED) is 0.728. The normalized spacial score (nSPS) is 10.0. The number of nitrogens with zero attached hydrogens (tertiary/aromatic N) is 2. The minimum atomic E-state index is 0.399. The maximum Gasteiger partial charge on any atom is 0.148 e. The summed E-state index contributed by atoms with van der Waals surface area (Å²) >= 11 is 3.37. The van der Waals surface area contributed by atoms with Crippen molar-refractivity contribution in [2.24, 2.45) is 0 Å². The van der Waals surface area contributed by atoms with Gasteiger partial charge in [-0.15, -0.1) is 0 Å². The lowest BCUT2D eigenvalue weighted by Crippen LogP contribution is -1.89. The van der Waals surface area contributed by atoms with E-state index in [4.69, 9.17) is 11.0 Å². The van der Waals surface area contributed by atoms with Crippen molar-refractivity contribution < 1.29 is 0 Å². The Labute approximate surface area is 89.3 Å². The highest BCUT2D eigenvalue weighted by Gasteiger charge is 2.05. The van der Waals surface area contributed by atoms with Gasteiger partial charge in [-0.1, -0.05) is 6.07 Å². The average molecular weight is 248 g/mol. The molecule has 0 bridgehead atoms. The Balaban J connectivity index is 2.94. The number of nitrogens with two attached hydrogens (primary N) is 1. The number of fused-ring (bicyclic) bond motifs is 1. The highest BCUT2D eigenvalue weighted by atomic mass is 79.9. The fourth-order valence-electron chi connectivity index (χ4n) is 1.32. The van der Waals surface area contributed by atoms with Crippen molar-refractivity contribution >= 4 is 32.4 Å². The molecule has 0 unspecified atom stereocenters. The van der Waals surface area contributed by atoms with Crippen LogP contribution in [0, 0.1) is 11.3 Å². The third-order valence-corrected chi connectivity index (χ3v) is 2.60. The van der Waals surface area contributed by atoms with Crippen molar-refractivity contribution in [3.8, 4) is 6.07 Å². The van der Waals surface area contributed by atoms with E-state index < -0.39 is 0 Å². The molecule has 3 nitrogen and oxygen atoms in total. The van der Waals surface area contributed by atoms with Crippen LogP contribution >= 0.6 is 15.9 Å². The Bertz CT molecular complexity index is 543. The van der Waals surface area contributed by atoms with Crippen molar-refractivity contribution in [1.82, 2.24) is 4.98 Å². The Morgan fingerprint density at radius 3 is 2.86 bits per heavy atom. The first-order valence-corrected chi connectivity index (χ1v) is 4.75. The van der Waals surface area contributed by atoms with Gasteiger partial charge in [0.1, 0.15) is 11.8 Å². The van der Waals surface area contributed by atoms with Crippen molar-refractivity contribution in [3.05, 3.63) is 34.6 Å². The summed E-state index contributed by atoms with van der Waals surface area (Å²) < 4.78 is 0.867. The molecule has 0 fully saturated rings. The van der Waals surface area contributed by atoms with Gasteiger partial charge in [-0.2, -0.15) is 5.26 Å². The van der Waals surface area contributed by atoms with Crippen molar-refractivity contribution in [2.75, 3.05) is 5.73 Å². The fraction of sp³-hybridized carbons (Fsp3) is 0. The van der Waals surface area contributed by atoms with Crippen molar-refractivity contribution in [2.45, 2.75) is 0 Å². The Morgan fingerprint density at radius 1 is 1.36 bits per heavy atom. The molecule has 4 heteroatoms. The maximum absolute atomic E-state index is 8.85. The van der Waals surface area contributed by atoms with Gasteiger partial charge in [0.15, 0.2) is 0 Å². The van der Waals surface area contributed by atoms with Crippen LogP contribution in [0.4, 0.5) is 5.69 Å². The van der Waals surface area contributed by atoms with E-state index in [-0.39, 0.29) is 0 Å². The molecule has 0 amide bonds. The summed E-state index contributed by atoms with van der Waals surface area (Å²) in [6.45, 7) is 0. The minimum absolute atomic E-state index is 0.399. The number of pyridine rings is 1. The van der Waals surface area contributed by atoms with Gasteiger partial charge in [-0.05, 0) is 28.1 Å². The molecule has 0 atom stereocenters. The van der Waals surface area contributed by atoms with E-state index in [1.165, 1.54) is 0 Å². The van der Waals surface area contributed by atoms with Gasteiger partial charge >= 0.3 is 0 Å². The number of hydrogen-bond acceptors (Lipinski definition) is 3. The summed E-state index contributed by atoms with van der Waals surface area (Å²) in [5.41, 5.74) is 6.68. The summed E-state index contributed by atoms with van der Waals surface area (Å²) in [5, 5.41) is 10.6. The molecule has 2 rings (SSSR count). The van der Waals surface area contributed by atoms with Crippen molar-refractivity contribution in [1.29, 1.82) is 5.26 Å². The molecule has 0 aliphatic carbocycles. The zero-order valence-electron chi connectivity index (χ0n) is 7.16. The summed E-state index contributed by atoms with van der Waals surface area (Å²) in [7, 11) is 0. The number of hydrogen-bond donors (Lipinski definition) is 1. The number of rotatable bonds is 0. The van der Waals surface area contributed by atoms with Crippen LogP contribution in [0.3, 0.4) is 0 Å². The van der Waals surface area contributed by atoms with Crippen LogP contribution in [0.15, 0.2) is 28.9 Å². The van der Waals surface area contributed by atoms with E-state index in [2.05, 4.69) is 20.9 Å². The molecule has 0 aliphatic rings. The predicted molar refractivity (Wildman–Crippen MR) is 58.6 cm³/mol. The van der Waals surface area contributed by atoms with E-state index in [0.717, 1.165) is 15.2 Å². The molecule has 1 aromatic heterocycles. The van der Waals surface area contributed by atoms with Crippen LogP contribution in [-0.2, 0) is 0 Å². The third-order valence-electron chi connectivity index (χ3n) is 1.97. The first-order chi connectivity index (χ1) is 6.72. The Morgan fingerprint density at radius 2 is 2.14 bits per heavy atom. The number of nitriles is 1. The van der Waals surface area contributed by atoms with Gasteiger partial charge in [0.2, 0.25) is 0 Å². The molecule has 1 aromatic carbocycles. The Kier molecular flexibility index (Phi) is 2.10. The number of nitrogen functional groups attached to an aromatic ring is 1. The SMILES string of the molecule is N#Cc1ncc(Br)c2ccc(N)cc12. The standard InChI is InChI=1S/C10H6BrN3/c11-9-5-14-10(4-12)8-3-6(13)1-2-7(8)9/h1-3,5H,13H2. The van der Waals surface area contributed by atoms with Gasteiger partial charge in [-0.25, -0.2) is 4.98 Å². The molecule has 14 heavy (non-hydrogen) atoms. The van der Waals surface area contributed by atoms with E-state index in [0.29, 0.717) is 11.4 Å². The van der Waals surface area contributed by atoms with Gasteiger partial charge in [-0.3, -0.25) is 0 Å². The number of halogens is 1. The molecular formula is C10H6BrN3. The Hall–Kier alpha value is -1.60. The molecule has 2 N–H and O–H groups in total.